The second kappa shape index (κ2) is 7.67. The maximum absolute atomic E-state index is 12.6. The van der Waals surface area contributed by atoms with E-state index in [2.05, 4.69) is 15.3 Å². The molecule has 3 aromatic rings. The van der Waals surface area contributed by atoms with Crippen molar-refractivity contribution in [3.05, 3.63) is 34.5 Å². The third-order valence-electron chi connectivity index (χ3n) is 3.85. The molecule has 1 amide bonds. The smallest absolute Gasteiger partial charge is 0.350 e. The number of carbonyl (C=O) groups is 2. The monoisotopic (exact) mass is 389 g/mol. The fraction of sp³-hybridized carbons (Fsp3) is 0.278. The lowest BCUT2D eigenvalue weighted by atomic mass is 10.2. The lowest BCUT2D eigenvalue weighted by Gasteiger charge is -2.06. The van der Waals surface area contributed by atoms with E-state index >= 15 is 0 Å². The van der Waals surface area contributed by atoms with Gasteiger partial charge in [0.25, 0.3) is 5.91 Å². The summed E-state index contributed by atoms with van der Waals surface area (Å²) in [4.78, 5) is 32.1. The van der Waals surface area contributed by atoms with Gasteiger partial charge in [0.2, 0.25) is 0 Å². The zero-order valence-corrected chi connectivity index (χ0v) is 16.2. The van der Waals surface area contributed by atoms with Crippen molar-refractivity contribution >= 4 is 39.2 Å². The minimum Gasteiger partial charge on any atom is -0.493 e. The van der Waals surface area contributed by atoms with Crippen molar-refractivity contribution in [1.29, 1.82) is 0 Å². The highest BCUT2D eigenvalue weighted by atomic mass is 32.1. The molecule has 2 heterocycles. The zero-order chi connectivity index (χ0) is 19.6. The number of H-pyrrole nitrogens is 1. The molecule has 0 aliphatic heterocycles. The number of esters is 1. The molecule has 0 spiro atoms. The Morgan fingerprint density at radius 3 is 2.56 bits per heavy atom. The molecule has 8 nitrogen and oxygen atoms in total. The Hall–Kier alpha value is -3.07. The Bertz CT molecular complexity index is 967. The summed E-state index contributed by atoms with van der Waals surface area (Å²) in [5.74, 6) is 0.324. The van der Waals surface area contributed by atoms with E-state index in [0.717, 1.165) is 22.2 Å². The van der Waals surface area contributed by atoms with Crippen LogP contribution in [0.5, 0.6) is 11.5 Å². The van der Waals surface area contributed by atoms with Crippen molar-refractivity contribution in [2.45, 2.75) is 13.8 Å². The lowest BCUT2D eigenvalue weighted by molar-refractivity contribution is 0.0531. The van der Waals surface area contributed by atoms with E-state index in [-0.39, 0.29) is 12.5 Å². The number of aromatic nitrogens is 2. The Balaban J connectivity index is 1.84. The van der Waals surface area contributed by atoms with Crippen molar-refractivity contribution in [1.82, 2.24) is 9.97 Å². The number of aryl methyl sites for hydroxylation is 1. The van der Waals surface area contributed by atoms with Gasteiger partial charge in [-0.25, -0.2) is 9.78 Å². The molecule has 0 saturated heterocycles. The second-order valence-corrected chi connectivity index (χ2v) is 6.58. The van der Waals surface area contributed by atoms with Gasteiger partial charge in [-0.1, -0.05) is 11.3 Å². The van der Waals surface area contributed by atoms with E-state index in [0.29, 0.717) is 32.9 Å². The Morgan fingerprint density at radius 1 is 1.19 bits per heavy atom. The van der Waals surface area contributed by atoms with Crippen LogP contribution in [-0.4, -0.2) is 42.7 Å². The summed E-state index contributed by atoms with van der Waals surface area (Å²) in [6, 6.07) is 5.25. The van der Waals surface area contributed by atoms with Crippen LogP contribution in [0.1, 0.15) is 32.8 Å². The summed E-state index contributed by atoms with van der Waals surface area (Å²) in [7, 11) is 3.10. The summed E-state index contributed by atoms with van der Waals surface area (Å²) < 4.78 is 15.5. The van der Waals surface area contributed by atoms with E-state index < -0.39 is 5.97 Å². The molecule has 0 bridgehead atoms. The summed E-state index contributed by atoms with van der Waals surface area (Å²) in [6.07, 6.45) is 0. The Morgan fingerprint density at radius 2 is 1.89 bits per heavy atom. The number of thiazole rings is 1. The predicted octanol–water partition coefficient (Wildman–Crippen LogP) is 3.38. The van der Waals surface area contributed by atoms with Gasteiger partial charge in [0.1, 0.15) is 10.6 Å². The van der Waals surface area contributed by atoms with Crippen molar-refractivity contribution in [2.75, 3.05) is 26.1 Å². The average molecular weight is 389 g/mol. The quantitative estimate of drug-likeness (QED) is 0.627. The van der Waals surface area contributed by atoms with Crippen LogP contribution in [0.4, 0.5) is 5.13 Å². The number of nitrogens with one attached hydrogen (secondary N) is 2. The number of anilines is 1. The van der Waals surface area contributed by atoms with E-state index in [1.807, 2.05) is 0 Å². The van der Waals surface area contributed by atoms with Crippen LogP contribution in [0.2, 0.25) is 0 Å². The minimum atomic E-state index is -0.446. The summed E-state index contributed by atoms with van der Waals surface area (Å²) in [6.45, 7) is 3.70. The molecule has 0 radical (unpaired) electrons. The maximum atomic E-state index is 12.6. The fourth-order valence-corrected chi connectivity index (χ4v) is 3.44. The highest BCUT2D eigenvalue weighted by Crippen LogP contribution is 2.32. The molecule has 142 valence electrons. The molecular weight excluding hydrogens is 370 g/mol. The standard InChI is InChI=1S/C18H19N3O5S/c1-5-26-17(23)15-9(2)19-18(27-15)21-16(22)12-6-10-7-13(24-3)14(25-4)8-11(10)20-12/h6-8,20H,5H2,1-4H3,(H,19,21,22). The zero-order valence-electron chi connectivity index (χ0n) is 15.3. The number of fused-ring (bicyclic) bond motifs is 1. The first-order valence-electron chi connectivity index (χ1n) is 8.17. The van der Waals surface area contributed by atoms with Gasteiger partial charge in [-0.2, -0.15) is 0 Å². The van der Waals surface area contributed by atoms with Crippen LogP contribution in [0.25, 0.3) is 10.9 Å². The fourth-order valence-electron chi connectivity index (χ4n) is 2.58. The molecule has 1 aromatic carbocycles. The first-order chi connectivity index (χ1) is 13.0. The largest absolute Gasteiger partial charge is 0.493 e. The van der Waals surface area contributed by atoms with E-state index in [9.17, 15) is 9.59 Å². The SMILES string of the molecule is CCOC(=O)c1sc(NC(=O)c2cc3cc(OC)c(OC)cc3[nH]2)nc1C. The first kappa shape index (κ1) is 18.7. The summed E-state index contributed by atoms with van der Waals surface area (Å²) in [5, 5.41) is 3.84. The van der Waals surface area contributed by atoms with Crippen molar-refractivity contribution in [3.63, 3.8) is 0 Å². The molecule has 0 aliphatic carbocycles. The van der Waals surface area contributed by atoms with Gasteiger partial charge in [-0.05, 0) is 26.0 Å². The number of amides is 1. The van der Waals surface area contributed by atoms with E-state index in [1.165, 1.54) is 0 Å². The van der Waals surface area contributed by atoms with Gasteiger partial charge >= 0.3 is 5.97 Å². The molecule has 3 rings (SSSR count). The molecule has 2 N–H and O–H groups in total. The summed E-state index contributed by atoms with van der Waals surface area (Å²) in [5.41, 5.74) is 1.60. The Labute approximate surface area is 159 Å². The molecule has 2 aromatic heterocycles. The molecule has 27 heavy (non-hydrogen) atoms. The highest BCUT2D eigenvalue weighted by molar-refractivity contribution is 7.17. The van der Waals surface area contributed by atoms with Crippen LogP contribution < -0.4 is 14.8 Å². The minimum absolute atomic E-state index is 0.278. The number of carbonyl (C=O) groups excluding carboxylic acids is 2. The number of rotatable bonds is 6. The van der Waals surface area contributed by atoms with Crippen LogP contribution in [-0.2, 0) is 4.74 Å². The number of ether oxygens (including phenoxy) is 3. The molecular formula is C18H19N3O5S. The maximum Gasteiger partial charge on any atom is 0.350 e. The normalized spacial score (nSPS) is 10.7. The van der Waals surface area contributed by atoms with Gasteiger partial charge in [0.05, 0.1) is 26.5 Å². The average Bonchev–Trinajstić information content (AvgIpc) is 3.23. The molecule has 0 unspecified atom stereocenters. The van der Waals surface area contributed by atoms with Crippen molar-refractivity contribution in [3.8, 4) is 11.5 Å². The molecule has 0 fully saturated rings. The van der Waals surface area contributed by atoms with Gasteiger partial charge in [0, 0.05) is 17.0 Å². The van der Waals surface area contributed by atoms with Crippen molar-refractivity contribution in [2.24, 2.45) is 0 Å². The van der Waals surface area contributed by atoms with Crippen LogP contribution in [0.15, 0.2) is 18.2 Å². The van der Waals surface area contributed by atoms with Crippen LogP contribution in [0, 0.1) is 6.92 Å². The van der Waals surface area contributed by atoms with E-state index in [1.54, 1.807) is 46.3 Å². The molecule has 9 heteroatoms. The van der Waals surface area contributed by atoms with Gasteiger partial charge in [-0.15, -0.1) is 0 Å². The number of hydrogen-bond donors (Lipinski definition) is 2. The predicted molar refractivity (Wildman–Crippen MR) is 102 cm³/mol. The Kier molecular flexibility index (Phi) is 5.31. The van der Waals surface area contributed by atoms with Gasteiger partial charge in [0.15, 0.2) is 16.6 Å². The molecule has 0 aliphatic rings. The number of benzene rings is 1. The highest BCUT2D eigenvalue weighted by Gasteiger charge is 2.19. The molecule has 0 saturated carbocycles. The molecule has 0 atom stereocenters. The van der Waals surface area contributed by atoms with Crippen LogP contribution >= 0.6 is 11.3 Å². The summed E-state index contributed by atoms with van der Waals surface area (Å²) >= 11 is 1.08. The first-order valence-corrected chi connectivity index (χ1v) is 8.99. The second-order valence-electron chi connectivity index (χ2n) is 5.59. The number of nitrogens with zero attached hydrogens (tertiary/aromatic N) is 1. The lowest BCUT2D eigenvalue weighted by Crippen LogP contribution is -2.11. The number of methoxy groups -OCH3 is 2. The van der Waals surface area contributed by atoms with Crippen LogP contribution in [0.3, 0.4) is 0 Å². The third kappa shape index (κ3) is 3.72. The third-order valence-corrected chi connectivity index (χ3v) is 4.90. The van der Waals surface area contributed by atoms with E-state index in [4.69, 9.17) is 14.2 Å². The topological polar surface area (TPSA) is 103 Å². The number of aromatic amines is 1. The number of hydrogen-bond acceptors (Lipinski definition) is 7. The van der Waals surface area contributed by atoms with Gasteiger partial charge < -0.3 is 19.2 Å². The van der Waals surface area contributed by atoms with Crippen molar-refractivity contribution < 1.29 is 23.8 Å². The van der Waals surface area contributed by atoms with Gasteiger partial charge in [-0.3, -0.25) is 10.1 Å².